The van der Waals surface area contributed by atoms with Crippen LogP contribution in [-0.2, 0) is 6.54 Å². The summed E-state index contributed by atoms with van der Waals surface area (Å²) in [6.07, 6.45) is 5.94. The Morgan fingerprint density at radius 3 is 2.44 bits per heavy atom. The minimum absolute atomic E-state index is 0.233. The molecule has 1 aromatic rings. The zero-order chi connectivity index (χ0) is 11.8. The molecule has 2 nitrogen and oxygen atoms in total. The first-order chi connectivity index (χ1) is 7.77. The van der Waals surface area contributed by atoms with E-state index in [0.29, 0.717) is 5.92 Å². The zero-order valence-electron chi connectivity index (χ0n) is 10.1. The van der Waals surface area contributed by atoms with Crippen molar-refractivity contribution in [1.29, 1.82) is 0 Å². The second kappa shape index (κ2) is 7.64. The molecule has 0 saturated heterocycles. The highest BCUT2D eigenvalue weighted by molar-refractivity contribution is 6.21. The van der Waals surface area contributed by atoms with E-state index in [2.05, 4.69) is 24.1 Å². The normalized spacial score (nSPS) is 13.0. The van der Waals surface area contributed by atoms with Gasteiger partial charge in [-0.05, 0) is 23.6 Å². The van der Waals surface area contributed by atoms with Gasteiger partial charge in [-0.15, -0.1) is 11.6 Å². The zero-order valence-corrected chi connectivity index (χ0v) is 10.9. The Balaban J connectivity index is 2.25. The monoisotopic (exact) mass is 240 g/mol. The van der Waals surface area contributed by atoms with Gasteiger partial charge in [-0.1, -0.05) is 26.7 Å². The Labute approximate surface area is 103 Å². The van der Waals surface area contributed by atoms with Crippen LogP contribution in [0.2, 0.25) is 0 Å². The lowest BCUT2D eigenvalue weighted by Gasteiger charge is -2.19. The SMILES string of the molecule is CCC(CC)C(Cl)CNCc1ccncc1. The number of nitrogens with one attached hydrogen (secondary N) is 1. The van der Waals surface area contributed by atoms with Gasteiger partial charge in [0.1, 0.15) is 0 Å². The summed E-state index contributed by atoms with van der Waals surface area (Å²) in [4.78, 5) is 3.99. The molecule has 0 aliphatic rings. The lowest BCUT2D eigenvalue weighted by Crippen LogP contribution is -2.28. The number of alkyl halides is 1. The van der Waals surface area contributed by atoms with Crippen molar-refractivity contribution in [3.05, 3.63) is 30.1 Å². The summed E-state index contributed by atoms with van der Waals surface area (Å²) in [6.45, 7) is 6.14. The van der Waals surface area contributed by atoms with Crippen LogP contribution in [0, 0.1) is 5.92 Å². The van der Waals surface area contributed by atoms with Crippen molar-refractivity contribution in [3.8, 4) is 0 Å². The molecule has 16 heavy (non-hydrogen) atoms. The van der Waals surface area contributed by atoms with Crippen LogP contribution in [0.15, 0.2) is 24.5 Å². The minimum atomic E-state index is 0.233. The van der Waals surface area contributed by atoms with E-state index in [1.807, 2.05) is 24.5 Å². The summed E-state index contributed by atoms with van der Waals surface area (Å²) in [5, 5.41) is 3.62. The van der Waals surface area contributed by atoms with Gasteiger partial charge < -0.3 is 5.32 Å². The van der Waals surface area contributed by atoms with Crippen molar-refractivity contribution < 1.29 is 0 Å². The first-order valence-electron chi connectivity index (χ1n) is 6.01. The number of pyridine rings is 1. The molecule has 3 heteroatoms. The van der Waals surface area contributed by atoms with Crippen LogP contribution < -0.4 is 5.32 Å². The van der Waals surface area contributed by atoms with Gasteiger partial charge in [-0.2, -0.15) is 0 Å². The van der Waals surface area contributed by atoms with Crippen LogP contribution in [0.4, 0.5) is 0 Å². The first kappa shape index (κ1) is 13.5. The van der Waals surface area contributed by atoms with Crippen molar-refractivity contribution in [1.82, 2.24) is 10.3 Å². The summed E-state index contributed by atoms with van der Waals surface area (Å²) in [6, 6.07) is 4.04. The molecular formula is C13H21ClN2. The molecule has 1 aromatic heterocycles. The quantitative estimate of drug-likeness (QED) is 0.741. The maximum absolute atomic E-state index is 6.34. The minimum Gasteiger partial charge on any atom is -0.311 e. The number of aromatic nitrogens is 1. The van der Waals surface area contributed by atoms with Crippen LogP contribution in [0.25, 0.3) is 0 Å². The van der Waals surface area contributed by atoms with Gasteiger partial charge in [0.2, 0.25) is 0 Å². The molecule has 1 heterocycles. The maximum atomic E-state index is 6.34. The fourth-order valence-electron chi connectivity index (χ4n) is 1.82. The van der Waals surface area contributed by atoms with Crippen LogP contribution in [-0.4, -0.2) is 16.9 Å². The average Bonchev–Trinajstić information content (AvgIpc) is 2.32. The van der Waals surface area contributed by atoms with E-state index >= 15 is 0 Å². The molecule has 0 aromatic carbocycles. The van der Waals surface area contributed by atoms with E-state index in [9.17, 15) is 0 Å². The molecule has 0 aliphatic carbocycles. The molecular weight excluding hydrogens is 220 g/mol. The van der Waals surface area contributed by atoms with E-state index < -0.39 is 0 Å². The molecule has 90 valence electrons. The van der Waals surface area contributed by atoms with Gasteiger partial charge >= 0.3 is 0 Å². The number of hydrogen-bond acceptors (Lipinski definition) is 2. The Bertz CT molecular complexity index is 273. The van der Waals surface area contributed by atoms with Crippen LogP contribution in [0.3, 0.4) is 0 Å². The lowest BCUT2D eigenvalue weighted by molar-refractivity contribution is 0.446. The third kappa shape index (κ3) is 4.50. The van der Waals surface area contributed by atoms with Gasteiger partial charge in [0.15, 0.2) is 0 Å². The standard InChI is InChI=1S/C13H21ClN2/c1-3-12(4-2)13(14)10-16-9-11-5-7-15-8-6-11/h5-8,12-13,16H,3-4,9-10H2,1-2H3. The number of rotatable bonds is 7. The third-order valence-electron chi connectivity index (χ3n) is 2.98. The Hall–Kier alpha value is -0.600. The Morgan fingerprint density at radius 1 is 1.25 bits per heavy atom. The molecule has 1 unspecified atom stereocenters. The fraction of sp³-hybridized carbons (Fsp3) is 0.615. The van der Waals surface area contributed by atoms with E-state index in [1.165, 1.54) is 5.56 Å². The second-order valence-electron chi connectivity index (χ2n) is 4.08. The van der Waals surface area contributed by atoms with Crippen LogP contribution in [0.1, 0.15) is 32.3 Å². The number of nitrogens with zero attached hydrogens (tertiary/aromatic N) is 1. The van der Waals surface area contributed by atoms with E-state index in [1.54, 1.807) is 0 Å². The Morgan fingerprint density at radius 2 is 1.88 bits per heavy atom. The molecule has 0 saturated carbocycles. The van der Waals surface area contributed by atoms with Gasteiger partial charge in [-0.25, -0.2) is 0 Å². The van der Waals surface area contributed by atoms with E-state index in [4.69, 9.17) is 11.6 Å². The van der Waals surface area contributed by atoms with E-state index in [-0.39, 0.29) is 5.38 Å². The topological polar surface area (TPSA) is 24.9 Å². The Kier molecular flexibility index (Phi) is 6.43. The first-order valence-corrected chi connectivity index (χ1v) is 6.45. The largest absolute Gasteiger partial charge is 0.311 e. The fourth-order valence-corrected chi connectivity index (χ4v) is 2.29. The smallest absolute Gasteiger partial charge is 0.0488 e. The van der Waals surface area contributed by atoms with E-state index in [0.717, 1.165) is 25.9 Å². The van der Waals surface area contributed by atoms with Gasteiger partial charge in [-0.3, -0.25) is 4.98 Å². The van der Waals surface area contributed by atoms with Crippen molar-refractivity contribution in [2.45, 2.75) is 38.6 Å². The summed E-state index contributed by atoms with van der Waals surface area (Å²) < 4.78 is 0. The van der Waals surface area contributed by atoms with Crippen molar-refractivity contribution in [2.75, 3.05) is 6.54 Å². The van der Waals surface area contributed by atoms with Crippen molar-refractivity contribution in [2.24, 2.45) is 5.92 Å². The summed E-state index contributed by atoms with van der Waals surface area (Å²) in [7, 11) is 0. The highest BCUT2D eigenvalue weighted by Gasteiger charge is 2.14. The number of hydrogen-bond donors (Lipinski definition) is 1. The summed E-state index contributed by atoms with van der Waals surface area (Å²) in [5.41, 5.74) is 1.25. The predicted molar refractivity (Wildman–Crippen MR) is 69.7 cm³/mol. The van der Waals surface area contributed by atoms with Gasteiger partial charge in [0.25, 0.3) is 0 Å². The third-order valence-corrected chi connectivity index (χ3v) is 3.49. The lowest BCUT2D eigenvalue weighted by atomic mass is 9.99. The molecule has 0 aliphatic heterocycles. The molecule has 1 rings (SSSR count). The highest BCUT2D eigenvalue weighted by atomic mass is 35.5. The molecule has 0 spiro atoms. The molecule has 0 fully saturated rings. The van der Waals surface area contributed by atoms with Gasteiger partial charge in [0, 0.05) is 30.9 Å². The number of halogens is 1. The van der Waals surface area contributed by atoms with Crippen molar-refractivity contribution in [3.63, 3.8) is 0 Å². The summed E-state index contributed by atoms with van der Waals surface area (Å²) >= 11 is 6.34. The van der Waals surface area contributed by atoms with Crippen molar-refractivity contribution >= 4 is 11.6 Å². The molecule has 1 N–H and O–H groups in total. The maximum Gasteiger partial charge on any atom is 0.0488 e. The molecule has 0 bridgehead atoms. The highest BCUT2D eigenvalue weighted by Crippen LogP contribution is 2.17. The molecule has 0 amide bonds. The second-order valence-corrected chi connectivity index (χ2v) is 4.64. The van der Waals surface area contributed by atoms with Crippen LogP contribution in [0.5, 0.6) is 0 Å². The molecule has 1 atom stereocenters. The predicted octanol–water partition coefficient (Wildman–Crippen LogP) is 3.21. The average molecular weight is 241 g/mol. The summed E-state index contributed by atoms with van der Waals surface area (Å²) in [5.74, 6) is 0.617. The molecule has 0 radical (unpaired) electrons. The van der Waals surface area contributed by atoms with Gasteiger partial charge in [0.05, 0.1) is 0 Å². The van der Waals surface area contributed by atoms with Crippen LogP contribution >= 0.6 is 11.6 Å².